The van der Waals surface area contributed by atoms with Gasteiger partial charge >= 0.3 is 0 Å². The third kappa shape index (κ3) is 12.4. The van der Waals surface area contributed by atoms with Crippen LogP contribution in [0.3, 0.4) is 0 Å². The predicted octanol–water partition coefficient (Wildman–Crippen LogP) is 9.85. The Morgan fingerprint density at radius 3 is 2.19 bits per heavy atom. The molecule has 0 aliphatic rings. The molecule has 0 aliphatic heterocycles. The Morgan fingerprint density at radius 1 is 1.05 bits per heavy atom. The van der Waals surface area contributed by atoms with E-state index in [1.165, 1.54) is 19.1 Å². The molecule has 0 atom stereocenters. The summed E-state index contributed by atoms with van der Waals surface area (Å²) in [5.74, 6) is -0.568. The second-order valence-electron chi connectivity index (χ2n) is 11.7. The molecule has 0 bridgehead atoms. The molecule has 5 heteroatoms. The Labute approximate surface area is 254 Å². The molecule has 0 saturated heterocycles. The maximum absolute atomic E-state index is 14.3. The molecule has 0 spiro atoms. The molecule has 0 aromatic heterocycles. The summed E-state index contributed by atoms with van der Waals surface area (Å²) in [5, 5.41) is 3.48. The van der Waals surface area contributed by atoms with Gasteiger partial charge in [0.25, 0.3) is 0 Å². The van der Waals surface area contributed by atoms with Gasteiger partial charge in [0.05, 0.1) is 0 Å². The lowest BCUT2D eigenvalue weighted by Crippen LogP contribution is -2.21. The summed E-state index contributed by atoms with van der Waals surface area (Å²) in [6, 6.07) is 2.66. The predicted molar refractivity (Wildman–Crippen MR) is 178 cm³/mol. The van der Waals surface area contributed by atoms with Crippen LogP contribution in [0.1, 0.15) is 91.2 Å². The van der Waals surface area contributed by atoms with E-state index in [1.807, 2.05) is 26.8 Å². The van der Waals surface area contributed by atoms with E-state index in [-0.39, 0.29) is 11.3 Å². The molecule has 0 amide bonds. The third-order valence-corrected chi connectivity index (χ3v) is 7.13. The molecule has 0 saturated carbocycles. The van der Waals surface area contributed by atoms with Gasteiger partial charge in [0.15, 0.2) is 5.78 Å². The average molecular weight is 579 g/mol. The van der Waals surface area contributed by atoms with Gasteiger partial charge in [0, 0.05) is 36.7 Å². The number of benzene rings is 1. The number of nitrogens with zero attached hydrogens (tertiary/aromatic N) is 1. The smallest absolute Gasteiger partial charge is 0.158 e. The third-order valence-electron chi connectivity index (χ3n) is 7.13. The summed E-state index contributed by atoms with van der Waals surface area (Å²) in [7, 11) is 1.75. The number of hydrogen-bond acceptors (Lipinski definition) is 3. The normalized spacial score (nSPS) is 13.4. The van der Waals surface area contributed by atoms with Crippen LogP contribution in [0, 0.1) is 24.5 Å². The second-order valence-corrected chi connectivity index (χ2v) is 11.7. The number of allylic oxidation sites excluding steroid dienone is 7. The SMILES string of the molecule is C=C(CCNCC(C)C)C/C(C(=C)C)=C(C(=C/C(C)=C\c1cc(F)c(C)c(F)c1)\CC(=C)C(=O)CCCC)/C(C)=N\C. The number of aliphatic imine (C=N–C) groups is 1. The Hall–Kier alpha value is -3.18. The van der Waals surface area contributed by atoms with E-state index < -0.39 is 11.6 Å². The summed E-state index contributed by atoms with van der Waals surface area (Å²) < 4.78 is 28.6. The van der Waals surface area contributed by atoms with Crippen LogP contribution in [0.5, 0.6) is 0 Å². The first kappa shape index (κ1) is 36.8. The maximum atomic E-state index is 14.3. The molecular weight excluding hydrogens is 526 g/mol. The van der Waals surface area contributed by atoms with Crippen LogP contribution in [0.2, 0.25) is 0 Å². The summed E-state index contributed by atoms with van der Waals surface area (Å²) in [6.07, 6.45) is 7.65. The van der Waals surface area contributed by atoms with Crippen molar-refractivity contribution in [2.75, 3.05) is 20.1 Å². The number of halogens is 2. The Morgan fingerprint density at radius 2 is 1.67 bits per heavy atom. The zero-order valence-electron chi connectivity index (χ0n) is 27.3. The average Bonchev–Trinajstić information content (AvgIpc) is 2.91. The van der Waals surface area contributed by atoms with Crippen molar-refractivity contribution in [3.05, 3.63) is 99.7 Å². The molecule has 1 aromatic carbocycles. The number of ketones is 1. The largest absolute Gasteiger partial charge is 0.316 e. The maximum Gasteiger partial charge on any atom is 0.158 e. The fraction of sp³-hybridized carbons (Fsp3) is 0.459. The molecule has 0 radical (unpaired) electrons. The van der Waals surface area contributed by atoms with Crippen LogP contribution in [0.15, 0.2) is 81.9 Å². The van der Waals surface area contributed by atoms with Gasteiger partial charge in [-0.05, 0) is 100 Å². The monoisotopic (exact) mass is 578 g/mol. The van der Waals surface area contributed by atoms with Gasteiger partial charge < -0.3 is 5.32 Å². The molecule has 1 aromatic rings. The summed E-state index contributed by atoms with van der Waals surface area (Å²) in [5.41, 5.74) is 7.26. The molecule has 1 N–H and O–H groups in total. The van der Waals surface area contributed by atoms with Crippen molar-refractivity contribution in [2.24, 2.45) is 10.9 Å². The molecular formula is C37H52F2N2O. The van der Waals surface area contributed by atoms with Crippen LogP contribution in [0.4, 0.5) is 8.78 Å². The van der Waals surface area contributed by atoms with Crippen molar-refractivity contribution in [3.63, 3.8) is 0 Å². The van der Waals surface area contributed by atoms with E-state index in [2.05, 4.69) is 50.8 Å². The Kier molecular flexibility index (Phi) is 16.1. The van der Waals surface area contributed by atoms with Gasteiger partial charge in [-0.1, -0.05) is 75.8 Å². The summed E-state index contributed by atoms with van der Waals surface area (Å²) >= 11 is 0. The van der Waals surface area contributed by atoms with E-state index >= 15 is 0 Å². The minimum atomic E-state index is -0.589. The lowest BCUT2D eigenvalue weighted by molar-refractivity contribution is -0.115. The zero-order valence-corrected chi connectivity index (χ0v) is 27.3. The van der Waals surface area contributed by atoms with E-state index in [0.29, 0.717) is 36.3 Å². The first-order chi connectivity index (χ1) is 19.7. The van der Waals surface area contributed by atoms with Gasteiger partial charge in [0.2, 0.25) is 0 Å². The molecule has 42 heavy (non-hydrogen) atoms. The topological polar surface area (TPSA) is 41.5 Å². The van der Waals surface area contributed by atoms with Crippen molar-refractivity contribution < 1.29 is 13.6 Å². The lowest BCUT2D eigenvalue weighted by Gasteiger charge is -2.21. The minimum Gasteiger partial charge on any atom is -0.316 e. The fourth-order valence-electron chi connectivity index (χ4n) is 4.59. The molecule has 0 aliphatic carbocycles. The van der Waals surface area contributed by atoms with Crippen LogP contribution in [-0.4, -0.2) is 31.6 Å². The highest BCUT2D eigenvalue weighted by molar-refractivity contribution is 6.04. The van der Waals surface area contributed by atoms with Crippen molar-refractivity contribution in [1.29, 1.82) is 0 Å². The molecule has 3 nitrogen and oxygen atoms in total. The number of carbonyl (C=O) groups is 1. The van der Waals surface area contributed by atoms with Crippen LogP contribution in [0.25, 0.3) is 6.08 Å². The standard InChI is InChI=1S/C37H52F2N2O/c1-12-13-14-36(42)28(8)20-32(18-27(7)17-31-21-34(38)29(9)35(39)22-31)37(30(10)40-11)33(25(4)5)19-26(6)15-16-41-23-24(2)3/h17-18,21-22,24,41H,4,6,8,12-16,19-20,23H2,1-3,5,7,9-11H3/b27-17-,32-18-,37-33+,40-30-. The minimum absolute atomic E-state index is 0.00587. The first-order valence-corrected chi connectivity index (χ1v) is 15.0. The Bertz CT molecular complexity index is 1250. The quantitative estimate of drug-likeness (QED) is 0.0619. The van der Waals surface area contributed by atoms with Crippen LogP contribution in [-0.2, 0) is 4.79 Å². The van der Waals surface area contributed by atoms with Crippen molar-refractivity contribution >= 4 is 17.6 Å². The fourth-order valence-corrected chi connectivity index (χ4v) is 4.59. The summed E-state index contributed by atoms with van der Waals surface area (Å²) in [6.45, 7) is 28.2. The second kappa shape index (κ2) is 18.4. The van der Waals surface area contributed by atoms with E-state index in [1.54, 1.807) is 13.1 Å². The number of nitrogens with one attached hydrogen (secondary N) is 1. The zero-order chi connectivity index (χ0) is 32.0. The highest BCUT2D eigenvalue weighted by atomic mass is 19.1. The van der Waals surface area contributed by atoms with Gasteiger partial charge in [-0.25, -0.2) is 8.78 Å². The highest BCUT2D eigenvalue weighted by Gasteiger charge is 2.20. The lowest BCUT2D eigenvalue weighted by atomic mass is 9.84. The van der Waals surface area contributed by atoms with E-state index in [9.17, 15) is 13.6 Å². The van der Waals surface area contributed by atoms with Crippen molar-refractivity contribution in [3.8, 4) is 0 Å². The van der Waals surface area contributed by atoms with Gasteiger partial charge in [-0.3, -0.25) is 9.79 Å². The van der Waals surface area contributed by atoms with Crippen LogP contribution < -0.4 is 5.32 Å². The van der Waals surface area contributed by atoms with Crippen molar-refractivity contribution in [2.45, 2.75) is 87.0 Å². The molecule has 0 unspecified atom stereocenters. The van der Waals surface area contributed by atoms with Crippen molar-refractivity contribution in [1.82, 2.24) is 5.32 Å². The molecule has 0 heterocycles. The number of hydrogen-bond donors (Lipinski definition) is 1. The van der Waals surface area contributed by atoms with E-state index in [0.717, 1.165) is 71.5 Å². The van der Waals surface area contributed by atoms with Gasteiger partial charge in [-0.15, -0.1) is 0 Å². The van der Waals surface area contributed by atoms with Gasteiger partial charge in [0.1, 0.15) is 11.6 Å². The number of carbonyl (C=O) groups excluding carboxylic acids is 1. The number of unbranched alkanes of at least 4 members (excludes halogenated alkanes) is 1. The highest BCUT2D eigenvalue weighted by Crippen LogP contribution is 2.32. The Balaban J connectivity index is 3.71. The molecule has 1 rings (SSSR count). The number of rotatable bonds is 18. The van der Waals surface area contributed by atoms with E-state index in [4.69, 9.17) is 0 Å². The number of Topliss-reactive ketones (excluding diaryl/α,β-unsaturated/α-hetero) is 1. The molecule has 0 fully saturated rings. The van der Waals surface area contributed by atoms with Crippen LogP contribution >= 0.6 is 0 Å². The first-order valence-electron chi connectivity index (χ1n) is 15.0. The summed E-state index contributed by atoms with van der Waals surface area (Å²) in [4.78, 5) is 17.5. The van der Waals surface area contributed by atoms with Gasteiger partial charge in [-0.2, -0.15) is 0 Å². The molecule has 230 valence electrons.